The minimum atomic E-state index is -0.270. The first-order valence-electron chi connectivity index (χ1n) is 11.7. The lowest BCUT2D eigenvalue weighted by molar-refractivity contribution is -0.118. The van der Waals surface area contributed by atoms with Gasteiger partial charge in [0.1, 0.15) is 6.10 Å². The number of hydrogen-bond acceptors (Lipinski definition) is 4. The largest absolute Gasteiger partial charge is 0.457 e. The molecule has 4 nitrogen and oxygen atoms in total. The monoisotopic (exact) mass is 407 g/mol. The van der Waals surface area contributed by atoms with E-state index in [1.54, 1.807) is 6.20 Å². The Hall–Kier alpha value is -1.97. The number of allylic oxidation sites excluding steroid dienone is 1. The van der Waals surface area contributed by atoms with E-state index in [1.807, 2.05) is 25.1 Å². The van der Waals surface area contributed by atoms with Crippen molar-refractivity contribution in [3.8, 4) is 0 Å². The number of ketones is 1. The zero-order valence-electron chi connectivity index (χ0n) is 18.4. The van der Waals surface area contributed by atoms with Gasteiger partial charge in [0.25, 0.3) is 0 Å². The third kappa shape index (κ3) is 2.90. The number of ether oxygens (including phenoxy) is 1. The van der Waals surface area contributed by atoms with Crippen LogP contribution in [0.25, 0.3) is 0 Å². The van der Waals surface area contributed by atoms with Gasteiger partial charge in [-0.1, -0.05) is 25.5 Å². The fourth-order valence-corrected chi connectivity index (χ4v) is 7.59. The Bertz CT molecular complexity index is 921. The van der Waals surface area contributed by atoms with Crippen LogP contribution in [0, 0.1) is 35.5 Å². The Labute approximate surface area is 179 Å². The highest BCUT2D eigenvalue weighted by molar-refractivity contribution is 5.91. The van der Waals surface area contributed by atoms with Crippen LogP contribution in [0.3, 0.4) is 0 Å². The minimum absolute atomic E-state index is 0.0185. The van der Waals surface area contributed by atoms with Crippen LogP contribution in [0.2, 0.25) is 0 Å². The zero-order chi connectivity index (χ0) is 21.1. The quantitative estimate of drug-likeness (QED) is 0.612. The third-order valence-electron chi connectivity index (χ3n) is 9.33. The predicted octanol–water partition coefficient (Wildman–Crippen LogP) is 5.45. The highest BCUT2D eigenvalue weighted by Crippen LogP contribution is 2.65. The van der Waals surface area contributed by atoms with Crippen molar-refractivity contribution in [2.75, 3.05) is 0 Å². The maximum Gasteiger partial charge on any atom is 0.357 e. The molecule has 3 saturated carbocycles. The number of aryl methyl sites for hydroxylation is 1. The highest BCUT2D eigenvalue weighted by Gasteiger charge is 2.60. The van der Waals surface area contributed by atoms with E-state index >= 15 is 0 Å². The van der Waals surface area contributed by atoms with Gasteiger partial charge in [0, 0.05) is 18.0 Å². The minimum Gasteiger partial charge on any atom is -0.457 e. The van der Waals surface area contributed by atoms with E-state index in [2.05, 4.69) is 18.8 Å². The molecule has 1 aromatic heterocycles. The molecule has 160 valence electrons. The average molecular weight is 408 g/mol. The van der Waals surface area contributed by atoms with Gasteiger partial charge in [-0.25, -0.2) is 9.78 Å². The van der Waals surface area contributed by atoms with Gasteiger partial charge < -0.3 is 4.74 Å². The molecule has 0 spiro atoms. The molecule has 0 amide bonds. The number of nitrogens with zero attached hydrogens (tertiary/aromatic N) is 1. The van der Waals surface area contributed by atoms with Crippen molar-refractivity contribution in [1.29, 1.82) is 0 Å². The molecule has 0 saturated heterocycles. The Kier molecular flexibility index (Phi) is 4.68. The van der Waals surface area contributed by atoms with Crippen molar-refractivity contribution < 1.29 is 14.3 Å². The lowest BCUT2D eigenvalue weighted by atomic mass is 9.47. The van der Waals surface area contributed by atoms with Crippen molar-refractivity contribution in [2.45, 2.75) is 78.2 Å². The maximum absolute atomic E-state index is 12.9. The summed E-state index contributed by atoms with van der Waals surface area (Å²) in [5.41, 5.74) is 2.98. The smallest absolute Gasteiger partial charge is 0.357 e. The first-order chi connectivity index (χ1) is 14.3. The van der Waals surface area contributed by atoms with Crippen LogP contribution in [-0.4, -0.2) is 22.8 Å². The first kappa shape index (κ1) is 20.0. The molecule has 1 aromatic rings. The van der Waals surface area contributed by atoms with E-state index < -0.39 is 0 Å². The second-order valence-corrected chi connectivity index (χ2v) is 10.7. The maximum atomic E-state index is 12.9. The SMILES string of the molecule is Cc1cccnc1C(=O)O[C@H]1CC[C@H]2[C@@H]3CCC4=CC(=O)CC[C@]4(C)[C@H]3CC[C@]12C. The fraction of sp³-hybridized carbons (Fsp3) is 0.654. The van der Waals surface area contributed by atoms with Crippen LogP contribution in [-0.2, 0) is 9.53 Å². The fourth-order valence-electron chi connectivity index (χ4n) is 7.59. The van der Waals surface area contributed by atoms with Gasteiger partial charge in [0.2, 0.25) is 0 Å². The van der Waals surface area contributed by atoms with E-state index in [-0.39, 0.29) is 22.9 Å². The van der Waals surface area contributed by atoms with Crippen LogP contribution in [0.15, 0.2) is 30.0 Å². The van der Waals surface area contributed by atoms with Crippen molar-refractivity contribution in [3.05, 3.63) is 41.2 Å². The van der Waals surface area contributed by atoms with Gasteiger partial charge >= 0.3 is 5.97 Å². The Morgan fingerprint density at radius 3 is 2.73 bits per heavy atom. The van der Waals surface area contributed by atoms with E-state index in [0.717, 1.165) is 37.7 Å². The molecule has 0 aromatic carbocycles. The highest BCUT2D eigenvalue weighted by atomic mass is 16.5. The summed E-state index contributed by atoms with van der Waals surface area (Å²) in [4.78, 5) is 29.1. The van der Waals surface area contributed by atoms with Gasteiger partial charge in [-0.2, -0.15) is 0 Å². The molecule has 0 bridgehead atoms. The summed E-state index contributed by atoms with van der Waals surface area (Å²) < 4.78 is 6.12. The molecule has 3 fully saturated rings. The van der Waals surface area contributed by atoms with Crippen molar-refractivity contribution in [2.24, 2.45) is 28.6 Å². The molecule has 0 N–H and O–H groups in total. The van der Waals surface area contributed by atoms with E-state index in [0.29, 0.717) is 35.7 Å². The molecule has 1 heterocycles. The normalized spacial score (nSPS) is 40.1. The second kappa shape index (κ2) is 7.03. The molecule has 0 radical (unpaired) electrons. The van der Waals surface area contributed by atoms with Crippen LogP contribution in [0.1, 0.15) is 81.3 Å². The summed E-state index contributed by atoms with van der Waals surface area (Å²) >= 11 is 0. The number of aromatic nitrogens is 1. The Morgan fingerprint density at radius 2 is 1.93 bits per heavy atom. The molecule has 4 heteroatoms. The van der Waals surface area contributed by atoms with Gasteiger partial charge in [0.05, 0.1) is 0 Å². The van der Waals surface area contributed by atoms with E-state index in [4.69, 9.17) is 4.74 Å². The number of esters is 1. The number of pyridine rings is 1. The summed E-state index contributed by atoms with van der Waals surface area (Å²) in [7, 11) is 0. The number of carbonyl (C=O) groups is 2. The lowest BCUT2D eigenvalue weighted by Crippen LogP contribution is -2.51. The number of carbonyl (C=O) groups excluding carboxylic acids is 2. The van der Waals surface area contributed by atoms with Crippen molar-refractivity contribution >= 4 is 11.8 Å². The summed E-state index contributed by atoms with van der Waals surface area (Å²) in [5.74, 6) is 2.00. The molecule has 0 unspecified atom stereocenters. The second-order valence-electron chi connectivity index (χ2n) is 10.7. The summed E-state index contributed by atoms with van der Waals surface area (Å²) in [5, 5.41) is 0. The average Bonchev–Trinajstić information content (AvgIpc) is 3.05. The standard InChI is InChI=1S/C26H33NO3/c1-16-5-4-14-27-23(16)24(29)30-22-9-8-20-19-7-6-17-15-18(28)10-12-25(17,2)21(19)11-13-26(20,22)3/h4-5,14-15,19-22H,6-13H2,1-3H3/t19-,20-,21-,22-,25-,26-/m0/s1. The number of rotatable bonds is 2. The molecular formula is C26H33NO3. The van der Waals surface area contributed by atoms with Crippen LogP contribution in [0.5, 0.6) is 0 Å². The van der Waals surface area contributed by atoms with Crippen molar-refractivity contribution in [1.82, 2.24) is 4.98 Å². The molecule has 0 aliphatic heterocycles. The molecule has 30 heavy (non-hydrogen) atoms. The van der Waals surface area contributed by atoms with Crippen LogP contribution >= 0.6 is 0 Å². The van der Waals surface area contributed by atoms with Gasteiger partial charge in [-0.3, -0.25) is 4.79 Å². The van der Waals surface area contributed by atoms with Crippen LogP contribution in [0.4, 0.5) is 0 Å². The lowest BCUT2D eigenvalue weighted by Gasteiger charge is -2.57. The Balaban J connectivity index is 1.37. The number of fused-ring (bicyclic) bond motifs is 5. The van der Waals surface area contributed by atoms with Crippen LogP contribution < -0.4 is 0 Å². The third-order valence-corrected chi connectivity index (χ3v) is 9.33. The van der Waals surface area contributed by atoms with E-state index in [9.17, 15) is 9.59 Å². The molecular weight excluding hydrogens is 374 g/mol. The molecule has 5 rings (SSSR count). The topological polar surface area (TPSA) is 56.3 Å². The molecule has 4 aliphatic rings. The summed E-state index contributed by atoms with van der Waals surface area (Å²) in [6.45, 7) is 6.69. The van der Waals surface area contributed by atoms with Gasteiger partial charge in [-0.05, 0) is 92.7 Å². The molecule has 6 atom stereocenters. The zero-order valence-corrected chi connectivity index (χ0v) is 18.4. The summed E-state index contributed by atoms with van der Waals surface area (Å²) in [6, 6.07) is 3.77. The van der Waals surface area contributed by atoms with E-state index in [1.165, 1.54) is 18.4 Å². The van der Waals surface area contributed by atoms with Crippen molar-refractivity contribution in [3.63, 3.8) is 0 Å². The van der Waals surface area contributed by atoms with Gasteiger partial charge in [0.15, 0.2) is 11.5 Å². The predicted molar refractivity (Wildman–Crippen MR) is 115 cm³/mol. The summed E-state index contributed by atoms with van der Waals surface area (Å²) in [6.07, 6.45) is 12.0. The Morgan fingerprint density at radius 1 is 1.10 bits per heavy atom. The van der Waals surface area contributed by atoms with Gasteiger partial charge in [-0.15, -0.1) is 0 Å². The number of hydrogen-bond donors (Lipinski definition) is 0. The first-order valence-corrected chi connectivity index (χ1v) is 11.7. The molecule has 4 aliphatic carbocycles.